The number of fused-ring (bicyclic) bond motifs is 1. The maximum absolute atomic E-state index is 13.0. The van der Waals surface area contributed by atoms with Gasteiger partial charge in [0.1, 0.15) is 0 Å². The number of carbonyl (C=O) groups is 2. The Morgan fingerprint density at radius 3 is 2.68 bits per heavy atom. The lowest BCUT2D eigenvalue weighted by atomic mass is 9.91. The molecular weight excluding hydrogens is 450 g/mol. The Hall–Kier alpha value is -2.58. The molecule has 1 N–H and O–H groups in total. The minimum Gasteiger partial charge on any atom is -0.466 e. The molecule has 0 bridgehead atoms. The minimum absolute atomic E-state index is 0.0672. The zero-order valence-corrected chi connectivity index (χ0v) is 21.1. The minimum atomic E-state index is -0.400. The highest BCUT2D eigenvalue weighted by molar-refractivity contribution is 8.16. The fraction of sp³-hybridized carbons (Fsp3) is 0.500. The summed E-state index contributed by atoms with van der Waals surface area (Å²) in [5, 5.41) is 5.75. The standard InChI is InChI=1S/C26H33N3O4S/c1-5-21-23(25(31)32-4)24(18-10-8-17(9-11-18)16(2)3)29-19(15-34-26(29)28-21)13-22(30)27-14-20-7-6-12-33-20/h8-11,15-16,20,24H,5-7,12-14H2,1-4H3,(H,27,30)/t20-,24-/m0/s1. The van der Waals surface area contributed by atoms with Crippen LogP contribution in [-0.2, 0) is 19.1 Å². The van der Waals surface area contributed by atoms with Crippen molar-refractivity contribution >= 4 is 28.8 Å². The Labute approximate surface area is 205 Å². The maximum atomic E-state index is 13.0. The number of amides is 1. The average Bonchev–Trinajstić information content (AvgIpc) is 3.51. The van der Waals surface area contributed by atoms with Crippen LogP contribution in [0, 0.1) is 0 Å². The summed E-state index contributed by atoms with van der Waals surface area (Å²) in [5.74, 6) is -0.0521. The lowest BCUT2D eigenvalue weighted by Crippen LogP contribution is -2.39. The Bertz CT molecular complexity index is 1020. The van der Waals surface area contributed by atoms with Crippen molar-refractivity contribution < 1.29 is 19.1 Å². The zero-order chi connectivity index (χ0) is 24.2. The van der Waals surface area contributed by atoms with E-state index in [1.54, 1.807) is 0 Å². The number of nitrogens with one attached hydrogen (secondary N) is 1. The number of hydrogen-bond donors (Lipinski definition) is 1. The molecule has 3 aliphatic rings. The molecule has 0 unspecified atom stereocenters. The van der Waals surface area contributed by atoms with Gasteiger partial charge in [0.25, 0.3) is 0 Å². The van der Waals surface area contributed by atoms with Crippen molar-refractivity contribution in [2.45, 2.75) is 64.5 Å². The maximum Gasteiger partial charge on any atom is 0.338 e. The largest absolute Gasteiger partial charge is 0.466 e. The number of thioether (sulfide) groups is 1. The molecule has 0 saturated carbocycles. The highest BCUT2D eigenvalue weighted by Gasteiger charge is 2.41. The normalized spacial score (nSPS) is 22.0. The van der Waals surface area contributed by atoms with Crippen molar-refractivity contribution in [2.24, 2.45) is 4.99 Å². The predicted molar refractivity (Wildman–Crippen MR) is 134 cm³/mol. The second-order valence-electron chi connectivity index (χ2n) is 9.04. The van der Waals surface area contributed by atoms with Gasteiger partial charge in [-0.1, -0.05) is 56.8 Å². The molecule has 1 amide bonds. The quantitative estimate of drug-likeness (QED) is 0.543. The van der Waals surface area contributed by atoms with Crippen LogP contribution in [0.3, 0.4) is 0 Å². The molecule has 0 aliphatic carbocycles. The van der Waals surface area contributed by atoms with E-state index in [1.807, 2.05) is 17.2 Å². The van der Waals surface area contributed by atoms with Gasteiger partial charge in [0, 0.05) is 18.8 Å². The molecule has 1 aromatic rings. The molecule has 0 aromatic heterocycles. The fourth-order valence-corrected chi connectivity index (χ4v) is 5.49. The van der Waals surface area contributed by atoms with Crippen molar-refractivity contribution in [2.75, 3.05) is 20.3 Å². The molecule has 0 spiro atoms. The number of ether oxygens (including phenoxy) is 2. The number of benzene rings is 1. The highest BCUT2D eigenvalue weighted by Crippen LogP contribution is 2.45. The van der Waals surface area contributed by atoms with E-state index in [4.69, 9.17) is 14.5 Å². The van der Waals surface area contributed by atoms with Crippen LogP contribution in [0.5, 0.6) is 0 Å². The van der Waals surface area contributed by atoms with Gasteiger partial charge in [-0.05, 0) is 41.7 Å². The van der Waals surface area contributed by atoms with Crippen LogP contribution in [0.15, 0.2) is 51.6 Å². The van der Waals surface area contributed by atoms with E-state index in [0.717, 1.165) is 41.6 Å². The van der Waals surface area contributed by atoms with Crippen LogP contribution in [0.1, 0.15) is 69.5 Å². The summed E-state index contributed by atoms with van der Waals surface area (Å²) in [7, 11) is 1.40. The number of hydrogen-bond acceptors (Lipinski definition) is 7. The summed E-state index contributed by atoms with van der Waals surface area (Å²) in [5.41, 5.74) is 4.27. The number of aliphatic imine (C=N–C) groups is 1. The van der Waals surface area contributed by atoms with E-state index in [9.17, 15) is 9.59 Å². The van der Waals surface area contributed by atoms with E-state index in [-0.39, 0.29) is 18.4 Å². The number of rotatable bonds is 8. The molecule has 3 heterocycles. The number of amidine groups is 1. The van der Waals surface area contributed by atoms with Crippen molar-refractivity contribution in [3.8, 4) is 0 Å². The molecular formula is C26H33N3O4S. The third kappa shape index (κ3) is 5.08. The Morgan fingerprint density at radius 1 is 1.29 bits per heavy atom. The summed E-state index contributed by atoms with van der Waals surface area (Å²) in [4.78, 5) is 32.6. The first-order chi connectivity index (χ1) is 16.4. The van der Waals surface area contributed by atoms with Crippen molar-refractivity contribution in [1.82, 2.24) is 10.2 Å². The van der Waals surface area contributed by atoms with E-state index in [1.165, 1.54) is 24.4 Å². The van der Waals surface area contributed by atoms with Crippen LogP contribution in [0.25, 0.3) is 0 Å². The van der Waals surface area contributed by atoms with Crippen LogP contribution < -0.4 is 5.32 Å². The summed E-state index contributed by atoms with van der Waals surface area (Å²) in [6.45, 7) is 7.58. The third-order valence-electron chi connectivity index (χ3n) is 6.44. The monoisotopic (exact) mass is 483 g/mol. The van der Waals surface area contributed by atoms with Gasteiger partial charge >= 0.3 is 5.97 Å². The van der Waals surface area contributed by atoms with Gasteiger partial charge in [0.2, 0.25) is 5.91 Å². The third-order valence-corrected chi connectivity index (χ3v) is 7.33. The molecule has 1 aromatic carbocycles. The van der Waals surface area contributed by atoms with E-state index < -0.39 is 12.0 Å². The number of esters is 1. The second-order valence-corrected chi connectivity index (χ2v) is 9.87. The first kappa shape index (κ1) is 24.5. The lowest BCUT2D eigenvalue weighted by molar-refractivity contribution is -0.136. The smallest absolute Gasteiger partial charge is 0.338 e. The van der Waals surface area contributed by atoms with Gasteiger partial charge in [-0.3, -0.25) is 4.79 Å². The van der Waals surface area contributed by atoms with Gasteiger partial charge in [0.05, 0.1) is 36.9 Å². The highest BCUT2D eigenvalue weighted by atomic mass is 32.2. The summed E-state index contributed by atoms with van der Waals surface area (Å²) < 4.78 is 10.8. The van der Waals surface area contributed by atoms with Gasteiger partial charge < -0.3 is 19.7 Å². The Morgan fingerprint density at radius 2 is 2.06 bits per heavy atom. The SMILES string of the molecule is CCC1=C(C(=O)OC)[C@H](c2ccc(C(C)C)cc2)N2C(CC(=O)NC[C@@H]3CCCO3)=CSC2=N1. The molecule has 8 heteroatoms. The summed E-state index contributed by atoms with van der Waals surface area (Å²) >= 11 is 1.49. The number of allylic oxidation sites excluding steroid dienone is 1. The second kappa shape index (κ2) is 10.8. The van der Waals surface area contributed by atoms with E-state index >= 15 is 0 Å². The number of methoxy groups -OCH3 is 1. The molecule has 3 aliphatic heterocycles. The van der Waals surface area contributed by atoms with Gasteiger partial charge in [-0.2, -0.15) is 0 Å². The predicted octanol–water partition coefficient (Wildman–Crippen LogP) is 4.63. The first-order valence-electron chi connectivity index (χ1n) is 12.0. The zero-order valence-electron chi connectivity index (χ0n) is 20.3. The molecule has 2 atom stereocenters. The van der Waals surface area contributed by atoms with Crippen molar-refractivity contribution in [3.05, 3.63) is 57.8 Å². The molecule has 0 radical (unpaired) electrons. The first-order valence-corrected chi connectivity index (χ1v) is 12.8. The van der Waals surface area contributed by atoms with E-state index in [2.05, 4.69) is 43.4 Å². The molecule has 34 heavy (non-hydrogen) atoms. The van der Waals surface area contributed by atoms with Crippen molar-refractivity contribution in [1.29, 1.82) is 0 Å². The van der Waals surface area contributed by atoms with E-state index in [0.29, 0.717) is 24.5 Å². The molecule has 7 nitrogen and oxygen atoms in total. The molecule has 182 valence electrons. The van der Waals surface area contributed by atoms with Crippen LogP contribution in [0.4, 0.5) is 0 Å². The van der Waals surface area contributed by atoms with Crippen LogP contribution >= 0.6 is 11.8 Å². The van der Waals surface area contributed by atoms with Gasteiger partial charge in [-0.25, -0.2) is 9.79 Å². The summed E-state index contributed by atoms with van der Waals surface area (Å²) in [6, 6.07) is 7.94. The molecule has 1 fully saturated rings. The molecule has 1 saturated heterocycles. The van der Waals surface area contributed by atoms with Crippen molar-refractivity contribution in [3.63, 3.8) is 0 Å². The fourth-order valence-electron chi connectivity index (χ4n) is 4.55. The van der Waals surface area contributed by atoms with Gasteiger partial charge in [-0.15, -0.1) is 0 Å². The van der Waals surface area contributed by atoms with Crippen LogP contribution in [0.2, 0.25) is 0 Å². The molecule has 4 rings (SSSR count). The average molecular weight is 484 g/mol. The van der Waals surface area contributed by atoms with Crippen LogP contribution in [-0.4, -0.2) is 48.3 Å². The lowest BCUT2D eigenvalue weighted by Gasteiger charge is -2.36. The summed E-state index contributed by atoms with van der Waals surface area (Å²) in [6.07, 6.45) is 2.92. The Balaban J connectivity index is 1.63. The number of nitrogens with zero attached hydrogens (tertiary/aromatic N) is 2. The topological polar surface area (TPSA) is 80.2 Å². The van der Waals surface area contributed by atoms with Gasteiger partial charge in [0.15, 0.2) is 5.17 Å². The number of carbonyl (C=O) groups excluding carboxylic acids is 2. The Kier molecular flexibility index (Phi) is 7.78.